The van der Waals surface area contributed by atoms with Crippen LogP contribution in [-0.2, 0) is 6.18 Å². The average molecular weight is 363 g/mol. The van der Waals surface area contributed by atoms with E-state index in [9.17, 15) is 13.2 Å². The van der Waals surface area contributed by atoms with Crippen molar-refractivity contribution in [2.75, 3.05) is 25.1 Å². The van der Waals surface area contributed by atoms with Gasteiger partial charge >= 0.3 is 6.18 Å². The van der Waals surface area contributed by atoms with Gasteiger partial charge in [0.1, 0.15) is 5.75 Å². The lowest BCUT2D eigenvalue weighted by Gasteiger charge is -2.24. The van der Waals surface area contributed by atoms with Gasteiger partial charge in [0.2, 0.25) is 0 Å². The van der Waals surface area contributed by atoms with Gasteiger partial charge in [0.15, 0.2) is 0 Å². The summed E-state index contributed by atoms with van der Waals surface area (Å²) in [5, 5.41) is 0. The first-order chi connectivity index (χ1) is 12.4. The molecule has 2 nitrogen and oxygen atoms in total. The summed E-state index contributed by atoms with van der Waals surface area (Å²) < 4.78 is 45.1. The van der Waals surface area contributed by atoms with Gasteiger partial charge in [-0.05, 0) is 54.5 Å². The molecule has 1 fully saturated rings. The number of halogens is 3. The SMILES string of the molecule is COc1cccc([C@@H](C)C[C@H]2CCN(c3ccccc3C(F)(F)F)C2)c1. The molecule has 1 saturated heterocycles. The van der Waals surface area contributed by atoms with Crippen LogP contribution in [0.3, 0.4) is 0 Å². The van der Waals surface area contributed by atoms with E-state index in [1.807, 2.05) is 23.1 Å². The number of para-hydroxylation sites is 1. The number of alkyl halides is 3. The number of rotatable bonds is 5. The summed E-state index contributed by atoms with van der Waals surface area (Å²) in [6.07, 6.45) is -2.44. The maximum absolute atomic E-state index is 13.3. The van der Waals surface area contributed by atoms with Gasteiger partial charge < -0.3 is 9.64 Å². The fourth-order valence-electron chi connectivity index (χ4n) is 3.82. The van der Waals surface area contributed by atoms with E-state index in [0.29, 0.717) is 30.6 Å². The van der Waals surface area contributed by atoms with Gasteiger partial charge in [0, 0.05) is 18.8 Å². The van der Waals surface area contributed by atoms with Gasteiger partial charge in [-0.15, -0.1) is 0 Å². The molecule has 26 heavy (non-hydrogen) atoms. The number of hydrogen-bond donors (Lipinski definition) is 0. The Kier molecular flexibility index (Phi) is 5.44. The molecule has 0 bridgehead atoms. The molecule has 140 valence electrons. The van der Waals surface area contributed by atoms with Crippen molar-refractivity contribution in [2.45, 2.75) is 31.9 Å². The van der Waals surface area contributed by atoms with Crippen LogP contribution in [0.1, 0.15) is 36.8 Å². The predicted octanol–water partition coefficient (Wildman–Crippen LogP) is 5.73. The molecule has 2 atom stereocenters. The number of anilines is 1. The molecular weight excluding hydrogens is 339 g/mol. The Hall–Kier alpha value is -2.17. The van der Waals surface area contributed by atoms with Gasteiger partial charge in [-0.1, -0.05) is 31.2 Å². The molecular formula is C21H24F3NO. The van der Waals surface area contributed by atoms with Crippen LogP contribution in [0.5, 0.6) is 5.75 Å². The van der Waals surface area contributed by atoms with E-state index in [1.54, 1.807) is 19.2 Å². The van der Waals surface area contributed by atoms with Gasteiger partial charge in [-0.2, -0.15) is 13.2 Å². The molecule has 5 heteroatoms. The summed E-state index contributed by atoms with van der Waals surface area (Å²) in [6.45, 7) is 3.51. The van der Waals surface area contributed by atoms with Crippen molar-refractivity contribution in [3.8, 4) is 5.75 Å². The smallest absolute Gasteiger partial charge is 0.418 e. The first kappa shape index (κ1) is 18.6. The summed E-state index contributed by atoms with van der Waals surface area (Å²) in [5.74, 6) is 1.56. The van der Waals surface area contributed by atoms with E-state index in [-0.39, 0.29) is 0 Å². The topological polar surface area (TPSA) is 12.5 Å². The average Bonchev–Trinajstić information content (AvgIpc) is 3.09. The lowest BCUT2D eigenvalue weighted by atomic mass is 9.89. The summed E-state index contributed by atoms with van der Waals surface area (Å²) >= 11 is 0. The molecule has 0 saturated carbocycles. The first-order valence-corrected chi connectivity index (χ1v) is 8.93. The molecule has 1 heterocycles. The normalized spacial score (nSPS) is 18.8. The Morgan fingerprint density at radius 3 is 2.65 bits per heavy atom. The molecule has 0 radical (unpaired) electrons. The van der Waals surface area contributed by atoms with E-state index in [2.05, 4.69) is 13.0 Å². The minimum atomic E-state index is -4.32. The lowest BCUT2D eigenvalue weighted by molar-refractivity contribution is -0.137. The van der Waals surface area contributed by atoms with Crippen LogP contribution in [0.15, 0.2) is 48.5 Å². The monoisotopic (exact) mass is 363 g/mol. The Morgan fingerprint density at radius 2 is 1.92 bits per heavy atom. The fourth-order valence-corrected chi connectivity index (χ4v) is 3.82. The van der Waals surface area contributed by atoms with Crippen LogP contribution in [0.25, 0.3) is 0 Å². The quantitative estimate of drug-likeness (QED) is 0.672. The van der Waals surface area contributed by atoms with Gasteiger partial charge in [0.25, 0.3) is 0 Å². The zero-order valence-corrected chi connectivity index (χ0v) is 15.1. The first-order valence-electron chi connectivity index (χ1n) is 8.93. The van der Waals surface area contributed by atoms with E-state index in [1.165, 1.54) is 17.7 Å². The van der Waals surface area contributed by atoms with E-state index in [4.69, 9.17) is 4.74 Å². The van der Waals surface area contributed by atoms with Crippen LogP contribution in [0.4, 0.5) is 18.9 Å². The summed E-state index contributed by atoms with van der Waals surface area (Å²) in [5.41, 5.74) is 0.969. The number of ether oxygens (including phenoxy) is 1. The number of methoxy groups -OCH3 is 1. The van der Waals surface area contributed by atoms with Crippen molar-refractivity contribution in [3.63, 3.8) is 0 Å². The van der Waals surface area contributed by atoms with E-state index in [0.717, 1.165) is 18.6 Å². The largest absolute Gasteiger partial charge is 0.497 e. The summed E-state index contributed by atoms with van der Waals surface area (Å²) in [7, 11) is 1.65. The molecule has 0 unspecified atom stereocenters. The predicted molar refractivity (Wildman–Crippen MR) is 97.8 cm³/mol. The summed E-state index contributed by atoms with van der Waals surface area (Å²) in [6, 6.07) is 13.9. The highest BCUT2D eigenvalue weighted by molar-refractivity contribution is 5.55. The van der Waals surface area contributed by atoms with Crippen molar-refractivity contribution in [3.05, 3.63) is 59.7 Å². The van der Waals surface area contributed by atoms with Crippen LogP contribution in [-0.4, -0.2) is 20.2 Å². The highest BCUT2D eigenvalue weighted by atomic mass is 19.4. The number of nitrogens with zero attached hydrogens (tertiary/aromatic N) is 1. The molecule has 1 aliphatic heterocycles. The van der Waals surface area contributed by atoms with Gasteiger partial charge in [-0.3, -0.25) is 0 Å². The molecule has 1 aliphatic rings. The molecule has 0 aliphatic carbocycles. The fraction of sp³-hybridized carbons (Fsp3) is 0.429. The van der Waals surface area contributed by atoms with Crippen molar-refractivity contribution >= 4 is 5.69 Å². The van der Waals surface area contributed by atoms with Gasteiger partial charge in [-0.25, -0.2) is 0 Å². The van der Waals surface area contributed by atoms with Crippen LogP contribution < -0.4 is 9.64 Å². The third-order valence-electron chi connectivity index (χ3n) is 5.19. The Bertz CT molecular complexity index is 744. The maximum atomic E-state index is 13.3. The minimum absolute atomic E-state index is 0.302. The molecule has 0 N–H and O–H groups in total. The van der Waals surface area contributed by atoms with Crippen LogP contribution in [0.2, 0.25) is 0 Å². The molecule has 2 aromatic carbocycles. The molecule has 2 aromatic rings. The zero-order valence-electron chi connectivity index (χ0n) is 15.1. The number of benzene rings is 2. The Labute approximate surface area is 152 Å². The second-order valence-corrected chi connectivity index (χ2v) is 7.03. The summed E-state index contributed by atoms with van der Waals surface area (Å²) in [4.78, 5) is 1.88. The van der Waals surface area contributed by atoms with Crippen LogP contribution >= 0.6 is 0 Å². The van der Waals surface area contributed by atoms with Gasteiger partial charge in [0.05, 0.1) is 12.7 Å². The Balaban J connectivity index is 1.68. The second kappa shape index (κ2) is 7.60. The molecule has 0 spiro atoms. The minimum Gasteiger partial charge on any atom is -0.497 e. The Morgan fingerprint density at radius 1 is 1.15 bits per heavy atom. The van der Waals surface area contributed by atoms with Crippen molar-refractivity contribution in [1.29, 1.82) is 0 Å². The highest BCUT2D eigenvalue weighted by Crippen LogP contribution is 2.39. The van der Waals surface area contributed by atoms with Crippen molar-refractivity contribution < 1.29 is 17.9 Å². The number of hydrogen-bond acceptors (Lipinski definition) is 2. The van der Waals surface area contributed by atoms with E-state index < -0.39 is 11.7 Å². The third kappa shape index (κ3) is 4.14. The van der Waals surface area contributed by atoms with Crippen molar-refractivity contribution in [2.24, 2.45) is 5.92 Å². The molecule has 0 amide bonds. The highest BCUT2D eigenvalue weighted by Gasteiger charge is 2.36. The zero-order chi connectivity index (χ0) is 18.7. The van der Waals surface area contributed by atoms with Crippen molar-refractivity contribution in [1.82, 2.24) is 0 Å². The van der Waals surface area contributed by atoms with E-state index >= 15 is 0 Å². The second-order valence-electron chi connectivity index (χ2n) is 7.03. The van der Waals surface area contributed by atoms with Crippen LogP contribution in [0, 0.1) is 5.92 Å². The lowest BCUT2D eigenvalue weighted by Crippen LogP contribution is -2.23. The third-order valence-corrected chi connectivity index (χ3v) is 5.19. The molecule has 3 rings (SSSR count). The maximum Gasteiger partial charge on any atom is 0.418 e. The molecule has 0 aromatic heterocycles. The standard InChI is InChI=1S/C21H24F3NO/c1-15(17-6-5-7-18(13-17)26-2)12-16-10-11-25(14-16)20-9-4-3-8-19(20)21(22,23)24/h3-9,13,15-16H,10-12,14H2,1-2H3/t15-,16+/m0/s1.